The summed E-state index contributed by atoms with van der Waals surface area (Å²) in [6.07, 6.45) is 2.71. The topological polar surface area (TPSA) is 60.0 Å². The van der Waals surface area contributed by atoms with Gasteiger partial charge in [0.1, 0.15) is 5.82 Å². The molecule has 0 spiro atoms. The Morgan fingerprint density at radius 3 is 2.64 bits per heavy atom. The first-order chi connectivity index (χ1) is 6.81. The molecule has 0 saturated carbocycles. The van der Waals surface area contributed by atoms with Crippen LogP contribution in [0.1, 0.15) is 37.7 Å². The molecule has 0 aliphatic carbocycles. The van der Waals surface area contributed by atoms with Crippen molar-refractivity contribution in [2.75, 3.05) is 14.2 Å². The zero-order valence-corrected chi connectivity index (χ0v) is 8.91. The molecule has 1 aromatic rings. The number of hydrogen-bond donors (Lipinski definition) is 1. The Balaban J connectivity index is 2.57. The first-order valence-electron chi connectivity index (χ1n) is 4.78. The van der Waals surface area contributed by atoms with Crippen molar-refractivity contribution in [3.63, 3.8) is 0 Å². The van der Waals surface area contributed by atoms with Crippen LogP contribution in [0.15, 0.2) is 0 Å². The number of aromatic nitrogens is 3. The van der Waals surface area contributed by atoms with Crippen molar-refractivity contribution in [2.45, 2.75) is 32.5 Å². The Labute approximate surface area is 83.8 Å². The third-order valence-electron chi connectivity index (χ3n) is 1.96. The average Bonchev–Trinajstić information content (AvgIpc) is 2.65. The second-order valence-electron chi connectivity index (χ2n) is 3.05. The van der Waals surface area contributed by atoms with Crippen molar-refractivity contribution in [1.29, 1.82) is 0 Å². The van der Waals surface area contributed by atoms with Crippen LogP contribution in [-0.4, -0.2) is 29.4 Å². The predicted octanol–water partition coefficient (Wildman–Crippen LogP) is 1.44. The van der Waals surface area contributed by atoms with E-state index >= 15 is 0 Å². The summed E-state index contributed by atoms with van der Waals surface area (Å²) in [6.45, 7) is 2.14. The quantitative estimate of drug-likeness (QED) is 0.704. The van der Waals surface area contributed by atoms with Gasteiger partial charge in [-0.25, -0.2) is 4.98 Å². The lowest BCUT2D eigenvalue weighted by molar-refractivity contribution is -0.111. The average molecular weight is 199 g/mol. The molecule has 0 saturated heterocycles. The molecular weight excluding hydrogens is 182 g/mol. The van der Waals surface area contributed by atoms with E-state index in [-0.39, 0.29) is 0 Å². The predicted molar refractivity (Wildman–Crippen MR) is 51.8 cm³/mol. The molecule has 1 aromatic heterocycles. The highest BCUT2D eigenvalue weighted by Crippen LogP contribution is 2.12. The maximum absolute atomic E-state index is 5.04. The number of aryl methyl sites for hydroxylation is 1. The van der Waals surface area contributed by atoms with Gasteiger partial charge in [-0.15, -0.1) is 0 Å². The number of nitrogens with one attached hydrogen (secondary N) is 1. The lowest BCUT2D eigenvalue weighted by atomic mass is 10.2. The summed E-state index contributed by atoms with van der Waals surface area (Å²) in [7, 11) is 3.13. The van der Waals surface area contributed by atoms with Crippen molar-refractivity contribution < 1.29 is 9.47 Å². The Morgan fingerprint density at radius 2 is 2.07 bits per heavy atom. The molecule has 0 atom stereocenters. The summed E-state index contributed by atoms with van der Waals surface area (Å²) in [5, 5.41) is 6.89. The van der Waals surface area contributed by atoms with Gasteiger partial charge in [-0.1, -0.05) is 13.3 Å². The smallest absolute Gasteiger partial charge is 0.220 e. The van der Waals surface area contributed by atoms with E-state index in [1.165, 1.54) is 0 Å². The van der Waals surface area contributed by atoms with Crippen LogP contribution in [0.5, 0.6) is 0 Å². The fourth-order valence-corrected chi connectivity index (χ4v) is 1.18. The molecule has 14 heavy (non-hydrogen) atoms. The Bertz CT molecular complexity index is 258. The number of unbranched alkanes of at least 4 members (excludes halogenated alkanes) is 1. The highest BCUT2D eigenvalue weighted by molar-refractivity contribution is 4.91. The molecule has 1 N–H and O–H groups in total. The molecular formula is C9H17N3O2. The van der Waals surface area contributed by atoms with Crippen LogP contribution in [0.3, 0.4) is 0 Å². The summed E-state index contributed by atoms with van der Waals surface area (Å²) < 4.78 is 10.1. The third-order valence-corrected chi connectivity index (χ3v) is 1.96. The van der Waals surface area contributed by atoms with E-state index in [2.05, 4.69) is 22.1 Å². The molecule has 0 aliphatic heterocycles. The number of H-pyrrole nitrogens is 1. The van der Waals surface area contributed by atoms with E-state index in [0.29, 0.717) is 5.82 Å². The monoisotopic (exact) mass is 199 g/mol. The van der Waals surface area contributed by atoms with Crippen LogP contribution < -0.4 is 0 Å². The molecule has 0 aliphatic rings. The number of methoxy groups -OCH3 is 2. The summed E-state index contributed by atoms with van der Waals surface area (Å²) >= 11 is 0. The number of aromatic amines is 1. The molecule has 5 nitrogen and oxygen atoms in total. The van der Waals surface area contributed by atoms with E-state index in [1.807, 2.05) is 0 Å². The molecule has 5 heteroatoms. The first-order valence-corrected chi connectivity index (χ1v) is 4.78. The third kappa shape index (κ3) is 2.78. The van der Waals surface area contributed by atoms with E-state index in [9.17, 15) is 0 Å². The Hall–Kier alpha value is -0.940. The second kappa shape index (κ2) is 5.72. The lowest BCUT2D eigenvalue weighted by Crippen LogP contribution is -2.05. The number of nitrogens with zero attached hydrogens (tertiary/aromatic N) is 2. The van der Waals surface area contributed by atoms with Crippen LogP contribution in [0, 0.1) is 0 Å². The van der Waals surface area contributed by atoms with Gasteiger partial charge < -0.3 is 9.47 Å². The fourth-order valence-electron chi connectivity index (χ4n) is 1.18. The molecule has 0 unspecified atom stereocenters. The van der Waals surface area contributed by atoms with Crippen LogP contribution in [0.25, 0.3) is 0 Å². The lowest BCUT2D eigenvalue weighted by Gasteiger charge is -2.07. The molecule has 1 rings (SSSR count). The van der Waals surface area contributed by atoms with E-state index in [4.69, 9.17) is 9.47 Å². The molecule has 0 amide bonds. The van der Waals surface area contributed by atoms with Gasteiger partial charge in [-0.05, 0) is 6.42 Å². The van der Waals surface area contributed by atoms with Crippen molar-refractivity contribution in [3.05, 3.63) is 11.6 Å². The van der Waals surface area contributed by atoms with Crippen LogP contribution in [0.4, 0.5) is 0 Å². The van der Waals surface area contributed by atoms with Crippen LogP contribution in [0.2, 0.25) is 0 Å². The minimum Gasteiger partial charge on any atom is -0.349 e. The number of hydrogen-bond acceptors (Lipinski definition) is 4. The van der Waals surface area contributed by atoms with E-state index < -0.39 is 6.29 Å². The van der Waals surface area contributed by atoms with Crippen LogP contribution in [-0.2, 0) is 15.9 Å². The summed E-state index contributed by atoms with van der Waals surface area (Å²) in [5.74, 6) is 1.45. The maximum Gasteiger partial charge on any atom is 0.220 e. The Morgan fingerprint density at radius 1 is 1.36 bits per heavy atom. The SMILES string of the molecule is CCCCc1nc(C(OC)OC)n[nH]1. The van der Waals surface area contributed by atoms with Crippen molar-refractivity contribution in [1.82, 2.24) is 15.2 Å². The zero-order valence-electron chi connectivity index (χ0n) is 8.91. The van der Waals surface area contributed by atoms with Gasteiger partial charge in [0.05, 0.1) is 0 Å². The molecule has 0 radical (unpaired) electrons. The largest absolute Gasteiger partial charge is 0.349 e. The summed E-state index contributed by atoms with van der Waals surface area (Å²) in [6, 6.07) is 0. The van der Waals surface area contributed by atoms with Crippen molar-refractivity contribution in [2.24, 2.45) is 0 Å². The summed E-state index contributed by atoms with van der Waals surface area (Å²) in [4.78, 5) is 4.27. The van der Waals surface area contributed by atoms with E-state index in [1.54, 1.807) is 14.2 Å². The fraction of sp³-hybridized carbons (Fsp3) is 0.778. The van der Waals surface area contributed by atoms with E-state index in [0.717, 1.165) is 25.1 Å². The molecule has 0 bridgehead atoms. The van der Waals surface area contributed by atoms with Gasteiger partial charge in [0.2, 0.25) is 12.1 Å². The molecule has 0 fully saturated rings. The minimum atomic E-state index is -0.471. The van der Waals surface area contributed by atoms with Gasteiger partial charge in [-0.2, -0.15) is 5.10 Å². The van der Waals surface area contributed by atoms with Gasteiger partial charge in [0, 0.05) is 20.6 Å². The Kier molecular flexibility index (Phi) is 4.55. The zero-order chi connectivity index (χ0) is 10.4. The normalized spacial score (nSPS) is 11.1. The van der Waals surface area contributed by atoms with Gasteiger partial charge in [-0.3, -0.25) is 5.10 Å². The van der Waals surface area contributed by atoms with Gasteiger partial charge in [0.25, 0.3) is 0 Å². The molecule has 1 heterocycles. The standard InChI is InChI=1S/C9H17N3O2/c1-4-5-6-7-10-8(12-11-7)9(13-2)14-3/h9H,4-6H2,1-3H3,(H,10,11,12). The van der Waals surface area contributed by atoms with Crippen LogP contribution >= 0.6 is 0 Å². The van der Waals surface area contributed by atoms with Crippen molar-refractivity contribution in [3.8, 4) is 0 Å². The minimum absolute atomic E-state index is 0.471. The van der Waals surface area contributed by atoms with Crippen molar-refractivity contribution >= 4 is 0 Å². The van der Waals surface area contributed by atoms with Gasteiger partial charge in [0.15, 0.2) is 0 Å². The molecule has 80 valence electrons. The highest BCUT2D eigenvalue weighted by Gasteiger charge is 2.14. The maximum atomic E-state index is 5.04. The highest BCUT2D eigenvalue weighted by atomic mass is 16.7. The van der Waals surface area contributed by atoms with Gasteiger partial charge >= 0.3 is 0 Å². The molecule has 0 aromatic carbocycles. The summed E-state index contributed by atoms with van der Waals surface area (Å²) in [5.41, 5.74) is 0. The number of ether oxygens (including phenoxy) is 2. The number of rotatable bonds is 6. The second-order valence-corrected chi connectivity index (χ2v) is 3.05. The first kappa shape index (κ1) is 11.1.